The van der Waals surface area contributed by atoms with E-state index in [9.17, 15) is 13.6 Å². The molecule has 2 aliphatic heterocycles. The second-order valence-corrected chi connectivity index (χ2v) is 8.11. The third-order valence-electron chi connectivity index (χ3n) is 6.09. The topological polar surface area (TPSA) is 35.6 Å². The number of carbonyl (C=O) groups is 1. The highest BCUT2D eigenvalue weighted by atomic mass is 19.1. The van der Waals surface area contributed by atoms with Crippen LogP contribution in [0.2, 0.25) is 0 Å². The summed E-state index contributed by atoms with van der Waals surface area (Å²) in [5.41, 5.74) is 3.12. The van der Waals surface area contributed by atoms with Gasteiger partial charge in [0.2, 0.25) is 0 Å². The van der Waals surface area contributed by atoms with Crippen LogP contribution in [0.5, 0.6) is 0 Å². The Morgan fingerprint density at radius 2 is 1.90 bits per heavy atom. The first-order chi connectivity index (χ1) is 14.0. The lowest BCUT2D eigenvalue weighted by Crippen LogP contribution is -2.50. The number of hydrogen-bond acceptors (Lipinski definition) is 2. The van der Waals surface area contributed by atoms with E-state index >= 15 is 0 Å². The summed E-state index contributed by atoms with van der Waals surface area (Å²) in [4.78, 5) is 17.0. The number of amides is 2. The van der Waals surface area contributed by atoms with Crippen molar-refractivity contribution < 1.29 is 13.6 Å². The first kappa shape index (κ1) is 19.8. The van der Waals surface area contributed by atoms with Gasteiger partial charge in [-0.1, -0.05) is 36.4 Å². The number of halogens is 2. The fourth-order valence-corrected chi connectivity index (χ4v) is 4.49. The zero-order chi connectivity index (χ0) is 20.4. The van der Waals surface area contributed by atoms with Crippen molar-refractivity contribution >= 4 is 6.03 Å². The number of benzene rings is 2. The molecule has 0 spiro atoms. The standard InChI is InChI=1S/C23H27F2N3O/c1-27-12-11-21(25)18(15-27)14-26-23(29)28-13-10-16-4-2-3-5-20(16)22(28)17-6-8-19(24)9-7-17/h2-9,18,21-22H,10-15H2,1H3,(H,26,29)/t18-,21+,22+/m1/s1. The molecule has 154 valence electrons. The largest absolute Gasteiger partial charge is 0.338 e. The Kier molecular flexibility index (Phi) is 5.81. The van der Waals surface area contributed by atoms with Crippen LogP contribution >= 0.6 is 0 Å². The van der Waals surface area contributed by atoms with Crippen molar-refractivity contribution in [1.29, 1.82) is 0 Å². The van der Waals surface area contributed by atoms with Gasteiger partial charge in [0, 0.05) is 32.1 Å². The normalized spacial score (nSPS) is 24.8. The highest BCUT2D eigenvalue weighted by molar-refractivity contribution is 5.76. The van der Waals surface area contributed by atoms with E-state index in [0.717, 1.165) is 24.1 Å². The number of carbonyl (C=O) groups excluding carboxylic acids is 1. The number of likely N-dealkylation sites (tertiary alicyclic amines) is 1. The number of fused-ring (bicyclic) bond motifs is 1. The van der Waals surface area contributed by atoms with Gasteiger partial charge in [-0.15, -0.1) is 0 Å². The van der Waals surface area contributed by atoms with Crippen LogP contribution in [0.15, 0.2) is 48.5 Å². The molecule has 1 saturated heterocycles. The molecule has 3 atom stereocenters. The molecule has 0 radical (unpaired) electrons. The Balaban J connectivity index is 1.54. The summed E-state index contributed by atoms with van der Waals surface area (Å²) in [7, 11) is 1.98. The number of urea groups is 1. The van der Waals surface area contributed by atoms with Crippen molar-refractivity contribution in [3.63, 3.8) is 0 Å². The van der Waals surface area contributed by atoms with E-state index in [4.69, 9.17) is 0 Å². The SMILES string of the molecule is CN1CC[C@H](F)[C@H](CNC(=O)N2CCc3ccccc3[C@@H]2c2ccc(F)cc2)C1. The van der Waals surface area contributed by atoms with Crippen molar-refractivity contribution in [2.45, 2.75) is 25.1 Å². The number of nitrogens with one attached hydrogen (secondary N) is 1. The van der Waals surface area contributed by atoms with Gasteiger partial charge in [0.05, 0.1) is 6.04 Å². The van der Waals surface area contributed by atoms with Crippen molar-refractivity contribution in [2.24, 2.45) is 5.92 Å². The lowest BCUT2D eigenvalue weighted by molar-refractivity contribution is 0.102. The number of hydrogen-bond donors (Lipinski definition) is 1. The minimum absolute atomic E-state index is 0.195. The number of nitrogens with zero attached hydrogens (tertiary/aromatic N) is 2. The summed E-state index contributed by atoms with van der Waals surface area (Å²) in [6.07, 6.45) is 0.382. The summed E-state index contributed by atoms with van der Waals surface area (Å²) >= 11 is 0. The minimum atomic E-state index is -0.888. The van der Waals surface area contributed by atoms with Gasteiger partial charge in [-0.3, -0.25) is 0 Å². The molecule has 0 aliphatic carbocycles. The lowest BCUT2D eigenvalue weighted by atomic mass is 9.88. The fourth-order valence-electron chi connectivity index (χ4n) is 4.49. The molecule has 29 heavy (non-hydrogen) atoms. The van der Waals surface area contributed by atoms with Crippen LogP contribution in [-0.2, 0) is 6.42 Å². The van der Waals surface area contributed by atoms with Gasteiger partial charge >= 0.3 is 6.03 Å². The highest BCUT2D eigenvalue weighted by Gasteiger charge is 2.33. The highest BCUT2D eigenvalue weighted by Crippen LogP contribution is 2.35. The van der Waals surface area contributed by atoms with Gasteiger partial charge in [-0.2, -0.15) is 0 Å². The van der Waals surface area contributed by atoms with Gasteiger partial charge < -0.3 is 15.1 Å². The summed E-state index contributed by atoms with van der Waals surface area (Å²) in [6, 6.07) is 13.9. The molecule has 4 nitrogen and oxygen atoms in total. The predicted octanol–water partition coefficient (Wildman–Crippen LogP) is 3.77. The second-order valence-electron chi connectivity index (χ2n) is 8.11. The van der Waals surface area contributed by atoms with E-state index in [1.807, 2.05) is 25.2 Å². The molecule has 2 heterocycles. The van der Waals surface area contributed by atoms with E-state index in [1.165, 1.54) is 17.7 Å². The molecule has 0 unspecified atom stereocenters. The lowest BCUT2D eigenvalue weighted by Gasteiger charge is -2.38. The van der Waals surface area contributed by atoms with E-state index < -0.39 is 6.17 Å². The molecule has 1 fully saturated rings. The minimum Gasteiger partial charge on any atom is -0.338 e. The Bertz CT molecular complexity index is 857. The first-order valence-electron chi connectivity index (χ1n) is 10.2. The van der Waals surface area contributed by atoms with E-state index in [2.05, 4.69) is 16.3 Å². The predicted molar refractivity (Wildman–Crippen MR) is 109 cm³/mol. The summed E-state index contributed by atoms with van der Waals surface area (Å²) < 4.78 is 27.7. The van der Waals surface area contributed by atoms with Crippen LogP contribution < -0.4 is 5.32 Å². The van der Waals surface area contributed by atoms with Crippen LogP contribution in [0.25, 0.3) is 0 Å². The zero-order valence-corrected chi connectivity index (χ0v) is 16.7. The van der Waals surface area contributed by atoms with Crippen LogP contribution in [0.4, 0.5) is 13.6 Å². The molecule has 0 aromatic heterocycles. The second kappa shape index (κ2) is 8.49. The van der Waals surface area contributed by atoms with Crippen LogP contribution in [0.3, 0.4) is 0 Å². The average Bonchev–Trinajstić information content (AvgIpc) is 2.74. The first-order valence-corrected chi connectivity index (χ1v) is 10.2. The molecule has 2 aliphatic rings. The fraction of sp³-hybridized carbons (Fsp3) is 0.435. The number of alkyl halides is 1. The molecule has 2 amide bonds. The summed E-state index contributed by atoms with van der Waals surface area (Å²) in [6.45, 7) is 2.28. The van der Waals surface area contributed by atoms with E-state index in [0.29, 0.717) is 26.1 Å². The molecule has 2 aromatic rings. The van der Waals surface area contributed by atoms with E-state index in [1.54, 1.807) is 17.0 Å². The molecule has 0 bridgehead atoms. The molecule has 4 rings (SSSR count). The van der Waals surface area contributed by atoms with Crippen LogP contribution in [0, 0.1) is 11.7 Å². The maximum absolute atomic E-state index is 14.3. The van der Waals surface area contributed by atoms with E-state index in [-0.39, 0.29) is 23.8 Å². The smallest absolute Gasteiger partial charge is 0.318 e. The Morgan fingerprint density at radius 3 is 2.69 bits per heavy atom. The van der Waals surface area contributed by atoms with Crippen molar-refractivity contribution in [2.75, 3.05) is 33.2 Å². The van der Waals surface area contributed by atoms with Gasteiger partial charge in [0.1, 0.15) is 12.0 Å². The third kappa shape index (κ3) is 4.27. The average molecular weight is 399 g/mol. The zero-order valence-electron chi connectivity index (χ0n) is 16.7. The maximum atomic E-state index is 14.3. The van der Waals surface area contributed by atoms with Crippen molar-refractivity contribution in [3.05, 3.63) is 71.0 Å². The Morgan fingerprint density at radius 1 is 1.14 bits per heavy atom. The molecule has 1 N–H and O–H groups in total. The van der Waals surface area contributed by atoms with Gasteiger partial charge in [0.15, 0.2) is 0 Å². The van der Waals surface area contributed by atoms with Gasteiger partial charge in [-0.05, 0) is 48.7 Å². The molecule has 2 aromatic carbocycles. The Hall–Kier alpha value is -2.47. The van der Waals surface area contributed by atoms with Crippen molar-refractivity contribution in [1.82, 2.24) is 15.1 Å². The van der Waals surface area contributed by atoms with Crippen molar-refractivity contribution in [3.8, 4) is 0 Å². The summed E-state index contributed by atoms with van der Waals surface area (Å²) in [5, 5.41) is 2.96. The molecular formula is C23H27F2N3O. The van der Waals surface area contributed by atoms with Crippen LogP contribution in [-0.4, -0.2) is 55.2 Å². The number of rotatable bonds is 3. The maximum Gasteiger partial charge on any atom is 0.318 e. The Labute approximate surface area is 170 Å². The van der Waals surface area contributed by atoms with Crippen LogP contribution in [0.1, 0.15) is 29.2 Å². The molecule has 0 saturated carbocycles. The van der Waals surface area contributed by atoms with Gasteiger partial charge in [-0.25, -0.2) is 13.6 Å². The summed E-state index contributed by atoms with van der Waals surface area (Å²) in [5.74, 6) is -0.497. The quantitative estimate of drug-likeness (QED) is 0.853. The molecule has 6 heteroatoms. The third-order valence-corrected chi connectivity index (χ3v) is 6.09. The number of piperidine rings is 1. The monoisotopic (exact) mass is 399 g/mol. The molecular weight excluding hydrogens is 372 g/mol. The van der Waals surface area contributed by atoms with Gasteiger partial charge in [0.25, 0.3) is 0 Å².